The predicted octanol–water partition coefficient (Wildman–Crippen LogP) is 2.85. The summed E-state index contributed by atoms with van der Waals surface area (Å²) in [6, 6.07) is 2.40. The SMILES string of the molecule is Cc1cc(C(F)(F)F)c(C#N)c(SCC(=O)NCC2CN(CC(C)C)CCO2)n1. The van der Waals surface area contributed by atoms with E-state index in [1.54, 1.807) is 6.07 Å². The summed E-state index contributed by atoms with van der Waals surface area (Å²) in [5.41, 5.74) is -1.45. The average Bonchev–Trinajstić information content (AvgIpc) is 2.63. The number of morpholine rings is 1. The Morgan fingerprint density at radius 2 is 2.24 bits per heavy atom. The molecule has 1 aliphatic heterocycles. The number of ether oxygens (including phenoxy) is 1. The van der Waals surface area contributed by atoms with Crippen LogP contribution in [0.15, 0.2) is 11.1 Å². The van der Waals surface area contributed by atoms with Crippen molar-refractivity contribution in [1.82, 2.24) is 15.2 Å². The zero-order valence-corrected chi connectivity index (χ0v) is 17.5. The second kappa shape index (κ2) is 10.3. The number of hydrogen-bond donors (Lipinski definition) is 1. The normalized spacial score (nSPS) is 17.9. The Morgan fingerprint density at radius 1 is 1.52 bits per heavy atom. The van der Waals surface area contributed by atoms with Crippen LogP contribution in [0.1, 0.15) is 30.7 Å². The molecule has 1 saturated heterocycles. The van der Waals surface area contributed by atoms with Gasteiger partial charge in [-0.2, -0.15) is 18.4 Å². The molecule has 2 heterocycles. The van der Waals surface area contributed by atoms with Gasteiger partial charge in [-0.3, -0.25) is 9.69 Å². The van der Waals surface area contributed by atoms with E-state index in [0.717, 1.165) is 37.5 Å². The Bertz CT molecular complexity index is 765. The van der Waals surface area contributed by atoms with Crippen molar-refractivity contribution in [2.45, 2.75) is 38.1 Å². The lowest BCUT2D eigenvalue weighted by molar-refractivity contribution is -0.138. The standard InChI is InChI=1S/C19H25F3N4O2S/c1-12(2)9-26-4-5-28-14(10-26)8-24-17(27)11-29-18-15(7-23)16(19(20,21)22)6-13(3)25-18/h6,12,14H,4-5,8-11H2,1-3H3,(H,24,27). The molecule has 160 valence electrons. The molecule has 1 fully saturated rings. The van der Waals surface area contributed by atoms with E-state index in [2.05, 4.69) is 29.0 Å². The molecule has 1 atom stereocenters. The van der Waals surface area contributed by atoms with Gasteiger partial charge < -0.3 is 10.1 Å². The zero-order chi connectivity index (χ0) is 21.6. The van der Waals surface area contributed by atoms with E-state index in [1.807, 2.05) is 0 Å². The molecule has 1 unspecified atom stereocenters. The fraction of sp³-hybridized carbons (Fsp3) is 0.632. The number of amides is 1. The van der Waals surface area contributed by atoms with Crippen molar-refractivity contribution >= 4 is 17.7 Å². The summed E-state index contributed by atoms with van der Waals surface area (Å²) in [6.07, 6.45) is -4.78. The number of carbonyl (C=O) groups is 1. The molecule has 1 amide bonds. The van der Waals surface area contributed by atoms with Crippen molar-refractivity contribution in [3.8, 4) is 6.07 Å². The molecule has 0 aromatic carbocycles. The van der Waals surface area contributed by atoms with Crippen LogP contribution in [0.5, 0.6) is 0 Å². The van der Waals surface area contributed by atoms with E-state index in [-0.39, 0.29) is 28.5 Å². The number of alkyl halides is 3. The van der Waals surface area contributed by atoms with Crippen molar-refractivity contribution in [2.75, 3.05) is 38.5 Å². The maximum absolute atomic E-state index is 13.1. The van der Waals surface area contributed by atoms with Gasteiger partial charge in [0.25, 0.3) is 0 Å². The smallest absolute Gasteiger partial charge is 0.374 e. The maximum atomic E-state index is 13.1. The van der Waals surface area contributed by atoms with E-state index in [9.17, 15) is 18.0 Å². The number of carbonyl (C=O) groups excluding carboxylic acids is 1. The Labute approximate surface area is 172 Å². The highest BCUT2D eigenvalue weighted by Crippen LogP contribution is 2.35. The number of hydrogen-bond acceptors (Lipinski definition) is 6. The Morgan fingerprint density at radius 3 is 2.86 bits per heavy atom. The number of rotatable bonds is 7. The minimum absolute atomic E-state index is 0.0907. The highest BCUT2D eigenvalue weighted by molar-refractivity contribution is 8.00. The third-order valence-electron chi connectivity index (χ3n) is 4.24. The van der Waals surface area contributed by atoms with E-state index in [4.69, 9.17) is 10.00 Å². The number of nitrogens with zero attached hydrogens (tertiary/aromatic N) is 3. The Balaban J connectivity index is 1.91. The molecule has 1 N–H and O–H groups in total. The summed E-state index contributed by atoms with van der Waals surface area (Å²) in [7, 11) is 0. The average molecular weight is 430 g/mol. The molecule has 0 radical (unpaired) electrons. The highest BCUT2D eigenvalue weighted by Gasteiger charge is 2.35. The van der Waals surface area contributed by atoms with E-state index in [1.165, 1.54) is 6.92 Å². The van der Waals surface area contributed by atoms with Crippen LogP contribution in [0.2, 0.25) is 0 Å². The monoisotopic (exact) mass is 430 g/mol. The van der Waals surface area contributed by atoms with Crippen LogP contribution in [0.4, 0.5) is 13.2 Å². The first kappa shape index (κ1) is 23.4. The summed E-state index contributed by atoms with van der Waals surface area (Å²) >= 11 is 0.823. The first-order chi connectivity index (χ1) is 13.6. The third kappa shape index (κ3) is 7.17. The Hall–Kier alpha value is -1.83. The van der Waals surface area contributed by atoms with Crippen LogP contribution < -0.4 is 5.32 Å². The molecular formula is C19H25F3N4O2S. The largest absolute Gasteiger partial charge is 0.417 e. The van der Waals surface area contributed by atoms with Crippen molar-refractivity contribution in [1.29, 1.82) is 5.26 Å². The van der Waals surface area contributed by atoms with Gasteiger partial charge in [0.05, 0.1) is 29.6 Å². The van der Waals surface area contributed by atoms with E-state index >= 15 is 0 Å². The van der Waals surface area contributed by atoms with Crippen molar-refractivity contribution in [2.24, 2.45) is 5.92 Å². The molecule has 0 aliphatic carbocycles. The van der Waals surface area contributed by atoms with Gasteiger partial charge in [-0.15, -0.1) is 0 Å². The lowest BCUT2D eigenvalue weighted by Gasteiger charge is -2.33. The van der Waals surface area contributed by atoms with Gasteiger partial charge >= 0.3 is 6.18 Å². The summed E-state index contributed by atoms with van der Waals surface area (Å²) in [5, 5.41) is 11.8. The fourth-order valence-corrected chi connectivity index (χ4v) is 3.96. The van der Waals surface area contributed by atoms with Crippen molar-refractivity contribution in [3.63, 3.8) is 0 Å². The third-order valence-corrected chi connectivity index (χ3v) is 5.22. The fourth-order valence-electron chi connectivity index (χ4n) is 3.08. The maximum Gasteiger partial charge on any atom is 0.417 e. The molecular weight excluding hydrogens is 405 g/mol. The minimum atomic E-state index is -4.66. The van der Waals surface area contributed by atoms with Gasteiger partial charge in [0, 0.05) is 31.9 Å². The number of nitrogens with one attached hydrogen (secondary N) is 1. The van der Waals surface area contributed by atoms with E-state index in [0.29, 0.717) is 19.1 Å². The van der Waals surface area contributed by atoms with Crippen molar-refractivity contribution in [3.05, 3.63) is 22.9 Å². The highest BCUT2D eigenvalue weighted by atomic mass is 32.2. The van der Waals surface area contributed by atoms with Crippen molar-refractivity contribution < 1.29 is 22.7 Å². The van der Waals surface area contributed by atoms with Crippen LogP contribution in [0.3, 0.4) is 0 Å². The number of halogens is 3. The molecule has 10 heteroatoms. The van der Waals surface area contributed by atoms with Crippen LogP contribution in [0.25, 0.3) is 0 Å². The number of pyridine rings is 1. The molecule has 1 aromatic rings. The van der Waals surface area contributed by atoms with Crippen LogP contribution in [0, 0.1) is 24.2 Å². The second-order valence-corrected chi connectivity index (χ2v) is 8.30. The summed E-state index contributed by atoms with van der Waals surface area (Å²) < 4.78 is 45.1. The summed E-state index contributed by atoms with van der Waals surface area (Å²) in [5.74, 6) is 0.0584. The number of nitriles is 1. The van der Waals surface area contributed by atoms with Crippen LogP contribution >= 0.6 is 11.8 Å². The zero-order valence-electron chi connectivity index (χ0n) is 16.7. The van der Waals surface area contributed by atoms with Gasteiger partial charge in [0.1, 0.15) is 11.1 Å². The molecule has 0 saturated carbocycles. The Kier molecular flexibility index (Phi) is 8.31. The first-order valence-corrected chi connectivity index (χ1v) is 10.3. The van der Waals surface area contributed by atoms with Gasteiger partial charge in [-0.1, -0.05) is 25.6 Å². The number of aromatic nitrogens is 1. The second-order valence-electron chi connectivity index (χ2n) is 7.34. The minimum Gasteiger partial charge on any atom is -0.374 e. The quantitative estimate of drug-likeness (QED) is 0.671. The summed E-state index contributed by atoms with van der Waals surface area (Å²) in [6.45, 7) is 9.17. The molecule has 1 aromatic heterocycles. The molecule has 2 rings (SSSR count). The summed E-state index contributed by atoms with van der Waals surface area (Å²) in [4.78, 5) is 18.4. The topological polar surface area (TPSA) is 78.2 Å². The molecule has 0 spiro atoms. The lowest BCUT2D eigenvalue weighted by atomic mass is 10.1. The van der Waals surface area contributed by atoms with Crippen LogP contribution in [-0.4, -0.2) is 60.4 Å². The molecule has 1 aliphatic rings. The van der Waals surface area contributed by atoms with Crippen LogP contribution in [-0.2, 0) is 15.7 Å². The molecule has 6 nitrogen and oxygen atoms in total. The van der Waals surface area contributed by atoms with Gasteiger partial charge in [-0.25, -0.2) is 4.98 Å². The predicted molar refractivity (Wildman–Crippen MR) is 103 cm³/mol. The van der Waals surface area contributed by atoms with Gasteiger partial charge in [0.15, 0.2) is 0 Å². The number of thioether (sulfide) groups is 1. The molecule has 0 bridgehead atoms. The molecule has 29 heavy (non-hydrogen) atoms. The van der Waals surface area contributed by atoms with E-state index < -0.39 is 17.3 Å². The van der Waals surface area contributed by atoms with Gasteiger partial charge in [-0.05, 0) is 18.9 Å². The first-order valence-electron chi connectivity index (χ1n) is 9.32. The number of aryl methyl sites for hydroxylation is 1. The van der Waals surface area contributed by atoms with Gasteiger partial charge in [0.2, 0.25) is 5.91 Å². The lowest BCUT2D eigenvalue weighted by Crippen LogP contribution is -2.48.